The van der Waals surface area contributed by atoms with Crippen molar-refractivity contribution in [3.8, 4) is 5.75 Å². The maximum atomic E-state index is 12.4. The Morgan fingerprint density at radius 1 is 1.25 bits per heavy atom. The van der Waals surface area contributed by atoms with E-state index in [9.17, 15) is 4.79 Å². The first-order chi connectivity index (χ1) is 9.65. The van der Waals surface area contributed by atoms with Gasteiger partial charge in [0.05, 0.1) is 17.2 Å². The third kappa shape index (κ3) is 3.20. The molecule has 2 N–H and O–H groups in total. The lowest BCUT2D eigenvalue weighted by Crippen LogP contribution is -2.03. The zero-order chi connectivity index (χ0) is 14.5. The predicted molar refractivity (Wildman–Crippen MR) is 83.8 cm³/mol. The van der Waals surface area contributed by atoms with Crippen LogP contribution in [0.5, 0.6) is 5.75 Å². The van der Waals surface area contributed by atoms with Crippen LogP contribution in [0.25, 0.3) is 0 Å². The molecule has 1 aromatic carbocycles. The van der Waals surface area contributed by atoms with Crippen molar-refractivity contribution in [1.29, 1.82) is 0 Å². The number of ether oxygens (including phenoxy) is 1. The summed E-state index contributed by atoms with van der Waals surface area (Å²) in [5, 5.41) is 0.596. The molecule has 0 amide bonds. The molecule has 0 saturated heterocycles. The van der Waals surface area contributed by atoms with Gasteiger partial charge in [-0.2, -0.15) is 0 Å². The molecule has 0 radical (unpaired) electrons. The molecule has 0 spiro atoms. The molecular formula is C16H19NO2S. The van der Waals surface area contributed by atoms with Gasteiger partial charge < -0.3 is 10.5 Å². The zero-order valence-electron chi connectivity index (χ0n) is 11.8. The van der Waals surface area contributed by atoms with E-state index in [0.717, 1.165) is 23.5 Å². The summed E-state index contributed by atoms with van der Waals surface area (Å²) in [6.45, 7) is 4.80. The largest absolute Gasteiger partial charge is 0.494 e. The van der Waals surface area contributed by atoms with E-state index < -0.39 is 0 Å². The number of carbonyl (C=O) groups is 1. The van der Waals surface area contributed by atoms with Crippen LogP contribution in [0.4, 0.5) is 5.00 Å². The van der Waals surface area contributed by atoms with Crippen molar-refractivity contribution in [2.45, 2.75) is 26.7 Å². The number of thiophene rings is 1. The van der Waals surface area contributed by atoms with Crippen LogP contribution in [0.2, 0.25) is 0 Å². The molecule has 1 aromatic heterocycles. The summed E-state index contributed by atoms with van der Waals surface area (Å²) in [5.74, 6) is 0.761. The summed E-state index contributed by atoms with van der Waals surface area (Å²) >= 11 is 1.48. The van der Waals surface area contributed by atoms with Gasteiger partial charge in [-0.3, -0.25) is 4.79 Å². The van der Waals surface area contributed by atoms with Crippen molar-refractivity contribution >= 4 is 22.1 Å². The molecule has 4 heteroatoms. The molecule has 1 heterocycles. The van der Waals surface area contributed by atoms with Crippen molar-refractivity contribution in [3.63, 3.8) is 0 Å². The lowest BCUT2D eigenvalue weighted by atomic mass is 10.0. The summed E-state index contributed by atoms with van der Waals surface area (Å²) in [6, 6.07) is 9.12. The van der Waals surface area contributed by atoms with E-state index in [1.807, 2.05) is 18.2 Å². The highest BCUT2D eigenvalue weighted by Crippen LogP contribution is 2.28. The van der Waals surface area contributed by atoms with Gasteiger partial charge >= 0.3 is 0 Å². The van der Waals surface area contributed by atoms with Crippen LogP contribution in [0, 0.1) is 0 Å². The zero-order valence-corrected chi connectivity index (χ0v) is 12.6. The number of rotatable bonds is 6. The topological polar surface area (TPSA) is 52.3 Å². The van der Waals surface area contributed by atoms with Gasteiger partial charge in [-0.25, -0.2) is 0 Å². The molecule has 0 aliphatic rings. The monoisotopic (exact) mass is 289 g/mol. The van der Waals surface area contributed by atoms with Crippen molar-refractivity contribution in [1.82, 2.24) is 0 Å². The first-order valence-corrected chi connectivity index (χ1v) is 7.63. The first kappa shape index (κ1) is 14.6. The summed E-state index contributed by atoms with van der Waals surface area (Å²) in [6.07, 6.45) is 1.86. The Bertz CT molecular complexity index is 587. The highest BCUT2D eigenvalue weighted by atomic mass is 32.1. The lowest BCUT2D eigenvalue weighted by Gasteiger charge is -2.05. The molecule has 0 bridgehead atoms. The molecule has 0 saturated carbocycles. The summed E-state index contributed by atoms with van der Waals surface area (Å²) < 4.78 is 5.51. The van der Waals surface area contributed by atoms with Crippen LogP contribution in [-0.2, 0) is 6.42 Å². The SMILES string of the molecule is CCCOc1ccc(C(=O)c2cc(CC)sc2N)cc1. The third-order valence-corrected chi connectivity index (χ3v) is 4.10. The Balaban J connectivity index is 2.18. The van der Waals surface area contributed by atoms with E-state index in [4.69, 9.17) is 10.5 Å². The van der Waals surface area contributed by atoms with Gasteiger partial charge in [0, 0.05) is 10.4 Å². The minimum Gasteiger partial charge on any atom is -0.494 e. The second-order valence-corrected chi connectivity index (χ2v) is 5.71. The van der Waals surface area contributed by atoms with Crippen LogP contribution >= 0.6 is 11.3 Å². The number of nitrogens with two attached hydrogens (primary N) is 1. The number of carbonyl (C=O) groups excluding carboxylic acids is 1. The second kappa shape index (κ2) is 6.57. The predicted octanol–water partition coefficient (Wildman–Crippen LogP) is 3.91. The maximum Gasteiger partial charge on any atom is 0.195 e. The Hall–Kier alpha value is -1.81. The van der Waals surface area contributed by atoms with Gasteiger partial charge in [0.15, 0.2) is 5.78 Å². The highest BCUT2D eigenvalue weighted by molar-refractivity contribution is 7.16. The second-order valence-electron chi connectivity index (χ2n) is 4.55. The minimum atomic E-state index is -0.0273. The molecule has 0 fully saturated rings. The smallest absolute Gasteiger partial charge is 0.195 e. The molecule has 3 nitrogen and oxygen atoms in total. The lowest BCUT2D eigenvalue weighted by molar-refractivity contribution is 0.104. The number of anilines is 1. The fourth-order valence-electron chi connectivity index (χ4n) is 1.89. The standard InChI is InChI=1S/C16H19NO2S/c1-3-9-19-12-7-5-11(6-8-12)15(18)14-10-13(4-2)20-16(14)17/h5-8,10H,3-4,9,17H2,1-2H3. The Morgan fingerprint density at radius 3 is 2.50 bits per heavy atom. The molecule has 0 atom stereocenters. The minimum absolute atomic E-state index is 0.0273. The van der Waals surface area contributed by atoms with Crippen molar-refractivity contribution in [2.24, 2.45) is 0 Å². The molecular weight excluding hydrogens is 270 g/mol. The van der Waals surface area contributed by atoms with E-state index in [1.165, 1.54) is 11.3 Å². The van der Waals surface area contributed by atoms with Crippen molar-refractivity contribution in [3.05, 3.63) is 46.3 Å². The summed E-state index contributed by atoms with van der Waals surface area (Å²) in [5.41, 5.74) is 7.17. The van der Waals surface area contributed by atoms with Gasteiger partial charge in [0.1, 0.15) is 5.75 Å². The van der Waals surface area contributed by atoms with Crippen LogP contribution < -0.4 is 10.5 Å². The van der Waals surface area contributed by atoms with Gasteiger partial charge in [-0.05, 0) is 43.2 Å². The third-order valence-electron chi connectivity index (χ3n) is 2.99. The van der Waals surface area contributed by atoms with E-state index in [2.05, 4.69) is 13.8 Å². The number of hydrogen-bond donors (Lipinski definition) is 1. The molecule has 0 aliphatic carbocycles. The number of nitrogen functional groups attached to an aromatic ring is 1. The van der Waals surface area contributed by atoms with E-state index in [0.29, 0.717) is 22.7 Å². The van der Waals surface area contributed by atoms with Crippen LogP contribution in [0.3, 0.4) is 0 Å². The average Bonchev–Trinajstić information content (AvgIpc) is 2.86. The number of benzene rings is 1. The molecule has 2 rings (SSSR count). The number of aryl methyl sites for hydroxylation is 1. The molecule has 0 unspecified atom stereocenters. The average molecular weight is 289 g/mol. The van der Waals surface area contributed by atoms with Gasteiger partial charge in [-0.15, -0.1) is 11.3 Å². The number of hydrogen-bond acceptors (Lipinski definition) is 4. The van der Waals surface area contributed by atoms with Crippen LogP contribution in [0.1, 0.15) is 41.1 Å². The van der Waals surface area contributed by atoms with Crippen molar-refractivity contribution < 1.29 is 9.53 Å². The van der Waals surface area contributed by atoms with Gasteiger partial charge in [-0.1, -0.05) is 13.8 Å². The Morgan fingerprint density at radius 2 is 1.95 bits per heavy atom. The first-order valence-electron chi connectivity index (χ1n) is 6.81. The van der Waals surface area contributed by atoms with Crippen LogP contribution in [-0.4, -0.2) is 12.4 Å². The highest BCUT2D eigenvalue weighted by Gasteiger charge is 2.15. The molecule has 20 heavy (non-hydrogen) atoms. The van der Waals surface area contributed by atoms with E-state index >= 15 is 0 Å². The van der Waals surface area contributed by atoms with E-state index in [1.54, 1.807) is 12.1 Å². The number of ketones is 1. The van der Waals surface area contributed by atoms with Crippen LogP contribution in [0.15, 0.2) is 30.3 Å². The summed E-state index contributed by atoms with van der Waals surface area (Å²) in [4.78, 5) is 13.5. The van der Waals surface area contributed by atoms with Gasteiger partial charge in [0.2, 0.25) is 0 Å². The Labute approximate surface area is 123 Å². The normalized spacial score (nSPS) is 10.5. The maximum absolute atomic E-state index is 12.4. The van der Waals surface area contributed by atoms with E-state index in [-0.39, 0.29) is 5.78 Å². The molecule has 2 aromatic rings. The van der Waals surface area contributed by atoms with Crippen molar-refractivity contribution in [2.75, 3.05) is 12.3 Å². The van der Waals surface area contributed by atoms with Gasteiger partial charge in [0.25, 0.3) is 0 Å². The fourth-order valence-corrected chi connectivity index (χ4v) is 2.75. The fraction of sp³-hybridized carbons (Fsp3) is 0.312. The quantitative estimate of drug-likeness (QED) is 0.820. The summed E-state index contributed by atoms with van der Waals surface area (Å²) in [7, 11) is 0. The Kier molecular flexibility index (Phi) is 4.79. The molecule has 0 aliphatic heterocycles. The molecule has 106 valence electrons.